The first-order valence-corrected chi connectivity index (χ1v) is 4.35. The molecule has 5 nitrogen and oxygen atoms in total. The minimum absolute atomic E-state index is 0.141. The second-order valence-corrected chi connectivity index (χ2v) is 2.98. The molecule has 1 aromatic rings. The lowest BCUT2D eigenvalue weighted by Gasteiger charge is -2.06. The molecule has 0 saturated heterocycles. The van der Waals surface area contributed by atoms with Gasteiger partial charge in [0.1, 0.15) is 6.61 Å². The SMILES string of the molecule is NC(=O)COCc1ccccc1C(N)=O. The third-order valence-corrected chi connectivity index (χ3v) is 1.78. The van der Waals surface area contributed by atoms with Gasteiger partial charge in [-0.3, -0.25) is 9.59 Å². The predicted molar refractivity (Wildman–Crippen MR) is 53.8 cm³/mol. The van der Waals surface area contributed by atoms with Gasteiger partial charge in [-0.1, -0.05) is 18.2 Å². The van der Waals surface area contributed by atoms with Crippen molar-refractivity contribution in [1.29, 1.82) is 0 Å². The molecular formula is C10H12N2O3. The van der Waals surface area contributed by atoms with Crippen molar-refractivity contribution in [2.24, 2.45) is 11.5 Å². The van der Waals surface area contributed by atoms with Crippen LogP contribution in [-0.2, 0) is 16.1 Å². The number of benzene rings is 1. The summed E-state index contributed by atoms with van der Waals surface area (Å²) in [6.45, 7) is -0.0326. The summed E-state index contributed by atoms with van der Waals surface area (Å²) in [5, 5.41) is 0. The average molecular weight is 208 g/mol. The van der Waals surface area contributed by atoms with E-state index >= 15 is 0 Å². The lowest BCUT2D eigenvalue weighted by molar-refractivity contribution is -0.122. The number of hydrogen-bond acceptors (Lipinski definition) is 3. The van der Waals surface area contributed by atoms with Crippen LogP contribution in [0, 0.1) is 0 Å². The molecule has 2 amide bonds. The Morgan fingerprint density at radius 3 is 2.47 bits per heavy atom. The minimum Gasteiger partial charge on any atom is -0.368 e. The van der Waals surface area contributed by atoms with Crippen LogP contribution in [0.5, 0.6) is 0 Å². The van der Waals surface area contributed by atoms with Crippen LogP contribution in [0.4, 0.5) is 0 Å². The highest BCUT2D eigenvalue weighted by Gasteiger charge is 2.07. The van der Waals surface area contributed by atoms with E-state index in [-0.39, 0.29) is 13.2 Å². The molecule has 4 N–H and O–H groups in total. The Labute approximate surface area is 87.0 Å². The molecule has 0 spiro atoms. The third-order valence-electron chi connectivity index (χ3n) is 1.78. The van der Waals surface area contributed by atoms with Crippen molar-refractivity contribution >= 4 is 11.8 Å². The molecular weight excluding hydrogens is 196 g/mol. The highest BCUT2D eigenvalue weighted by molar-refractivity contribution is 5.94. The van der Waals surface area contributed by atoms with E-state index in [0.717, 1.165) is 0 Å². The van der Waals surface area contributed by atoms with Crippen LogP contribution in [0.3, 0.4) is 0 Å². The Kier molecular flexibility index (Phi) is 3.82. The number of rotatable bonds is 5. The van der Waals surface area contributed by atoms with Crippen molar-refractivity contribution in [3.63, 3.8) is 0 Å². The monoisotopic (exact) mass is 208 g/mol. The maximum Gasteiger partial charge on any atom is 0.249 e. The first-order valence-electron chi connectivity index (χ1n) is 4.35. The molecule has 0 atom stereocenters. The van der Waals surface area contributed by atoms with E-state index in [0.29, 0.717) is 11.1 Å². The summed E-state index contributed by atoms with van der Waals surface area (Å²) in [5.74, 6) is -1.07. The van der Waals surface area contributed by atoms with E-state index in [4.69, 9.17) is 16.2 Å². The zero-order chi connectivity index (χ0) is 11.3. The van der Waals surface area contributed by atoms with E-state index in [2.05, 4.69) is 0 Å². The van der Waals surface area contributed by atoms with Crippen molar-refractivity contribution in [3.8, 4) is 0 Å². The normalized spacial score (nSPS) is 9.87. The molecule has 0 saturated carbocycles. The van der Waals surface area contributed by atoms with Gasteiger partial charge in [0.15, 0.2) is 0 Å². The smallest absolute Gasteiger partial charge is 0.249 e. The molecule has 0 bridgehead atoms. The van der Waals surface area contributed by atoms with Crippen molar-refractivity contribution in [2.45, 2.75) is 6.61 Å². The van der Waals surface area contributed by atoms with E-state index in [1.807, 2.05) is 0 Å². The van der Waals surface area contributed by atoms with Gasteiger partial charge in [-0.05, 0) is 11.6 Å². The predicted octanol–water partition coefficient (Wildman–Crippen LogP) is -0.213. The summed E-state index contributed by atoms with van der Waals surface area (Å²) in [4.78, 5) is 21.4. The molecule has 5 heteroatoms. The summed E-state index contributed by atoms with van der Waals surface area (Å²) >= 11 is 0. The number of ether oxygens (including phenoxy) is 1. The van der Waals surface area contributed by atoms with E-state index < -0.39 is 11.8 Å². The first-order chi connectivity index (χ1) is 7.11. The van der Waals surface area contributed by atoms with E-state index in [9.17, 15) is 9.59 Å². The van der Waals surface area contributed by atoms with E-state index in [1.165, 1.54) is 0 Å². The molecule has 0 aliphatic rings. The molecule has 1 rings (SSSR count). The van der Waals surface area contributed by atoms with Gasteiger partial charge in [-0.2, -0.15) is 0 Å². The van der Waals surface area contributed by atoms with Gasteiger partial charge in [0, 0.05) is 5.56 Å². The van der Waals surface area contributed by atoms with Crippen LogP contribution in [0.1, 0.15) is 15.9 Å². The average Bonchev–Trinajstić information content (AvgIpc) is 2.17. The van der Waals surface area contributed by atoms with Gasteiger partial charge in [-0.15, -0.1) is 0 Å². The number of carbonyl (C=O) groups excluding carboxylic acids is 2. The van der Waals surface area contributed by atoms with Gasteiger partial charge in [-0.25, -0.2) is 0 Å². The molecule has 0 aliphatic heterocycles. The van der Waals surface area contributed by atoms with Gasteiger partial charge in [0.2, 0.25) is 11.8 Å². The maximum atomic E-state index is 11.0. The molecule has 80 valence electrons. The topological polar surface area (TPSA) is 95.4 Å². The van der Waals surface area contributed by atoms with Crippen LogP contribution < -0.4 is 11.5 Å². The lowest BCUT2D eigenvalue weighted by atomic mass is 10.1. The van der Waals surface area contributed by atoms with Crippen molar-refractivity contribution in [3.05, 3.63) is 35.4 Å². The molecule has 0 fully saturated rings. The van der Waals surface area contributed by atoms with Crippen LogP contribution in [0.15, 0.2) is 24.3 Å². The Morgan fingerprint density at radius 2 is 1.87 bits per heavy atom. The fourth-order valence-corrected chi connectivity index (χ4v) is 1.15. The van der Waals surface area contributed by atoms with Gasteiger partial charge in [0.05, 0.1) is 6.61 Å². The number of hydrogen-bond donors (Lipinski definition) is 2. The fourth-order valence-electron chi connectivity index (χ4n) is 1.15. The van der Waals surface area contributed by atoms with E-state index in [1.54, 1.807) is 24.3 Å². The largest absolute Gasteiger partial charge is 0.368 e. The molecule has 0 heterocycles. The summed E-state index contributed by atoms with van der Waals surface area (Å²) in [6.07, 6.45) is 0. The molecule has 15 heavy (non-hydrogen) atoms. The van der Waals surface area contributed by atoms with Crippen molar-refractivity contribution in [1.82, 2.24) is 0 Å². The van der Waals surface area contributed by atoms with Crippen molar-refractivity contribution in [2.75, 3.05) is 6.61 Å². The van der Waals surface area contributed by atoms with Crippen LogP contribution in [0.2, 0.25) is 0 Å². The Balaban J connectivity index is 2.67. The maximum absolute atomic E-state index is 11.0. The summed E-state index contributed by atoms with van der Waals surface area (Å²) in [5.41, 5.74) is 11.1. The third kappa shape index (κ3) is 3.40. The van der Waals surface area contributed by atoms with Crippen LogP contribution in [0.25, 0.3) is 0 Å². The number of primary amides is 2. The van der Waals surface area contributed by atoms with Crippen LogP contribution in [-0.4, -0.2) is 18.4 Å². The quantitative estimate of drug-likeness (QED) is 0.700. The lowest BCUT2D eigenvalue weighted by Crippen LogP contribution is -2.19. The minimum atomic E-state index is -0.549. The van der Waals surface area contributed by atoms with Gasteiger partial charge >= 0.3 is 0 Å². The fraction of sp³-hybridized carbons (Fsp3) is 0.200. The molecule has 1 aromatic carbocycles. The standard InChI is InChI=1S/C10H12N2O3/c11-9(13)6-15-5-7-3-1-2-4-8(7)10(12)14/h1-4H,5-6H2,(H2,11,13)(H2,12,14). The zero-order valence-corrected chi connectivity index (χ0v) is 8.10. The first kappa shape index (κ1) is 11.2. The van der Waals surface area contributed by atoms with Crippen molar-refractivity contribution < 1.29 is 14.3 Å². The second-order valence-electron chi connectivity index (χ2n) is 2.98. The van der Waals surface area contributed by atoms with Crippen LogP contribution >= 0.6 is 0 Å². The number of amides is 2. The Hall–Kier alpha value is -1.88. The molecule has 0 radical (unpaired) electrons. The zero-order valence-electron chi connectivity index (χ0n) is 8.10. The number of nitrogens with two attached hydrogens (primary N) is 2. The Bertz CT molecular complexity index is 377. The molecule has 0 unspecified atom stereocenters. The van der Waals surface area contributed by atoms with Gasteiger partial charge in [0.25, 0.3) is 0 Å². The van der Waals surface area contributed by atoms with Gasteiger partial charge < -0.3 is 16.2 Å². The summed E-state index contributed by atoms with van der Waals surface area (Å²) < 4.78 is 4.99. The summed E-state index contributed by atoms with van der Waals surface area (Å²) in [6, 6.07) is 6.78. The Morgan fingerprint density at radius 1 is 1.20 bits per heavy atom. The highest BCUT2D eigenvalue weighted by Crippen LogP contribution is 2.08. The summed E-state index contributed by atoms with van der Waals surface area (Å²) in [7, 11) is 0. The molecule has 0 aliphatic carbocycles. The number of carbonyl (C=O) groups is 2. The second kappa shape index (κ2) is 5.11. The molecule has 0 aromatic heterocycles. The highest BCUT2D eigenvalue weighted by atomic mass is 16.5.